The van der Waals surface area contributed by atoms with Crippen molar-refractivity contribution < 1.29 is 4.79 Å². The Kier molecular flexibility index (Phi) is 6.97. The molecule has 1 rings (SSSR count). The van der Waals surface area contributed by atoms with Crippen molar-refractivity contribution in [2.24, 2.45) is 0 Å². The van der Waals surface area contributed by atoms with Crippen LogP contribution in [0.3, 0.4) is 0 Å². The number of benzene rings is 1. The van der Waals surface area contributed by atoms with Crippen LogP contribution in [-0.2, 0) is 4.79 Å². The molecule has 3 N–H and O–H groups in total. The molecule has 0 aliphatic heterocycles. The summed E-state index contributed by atoms with van der Waals surface area (Å²) in [5.41, 5.74) is 7.10. The van der Waals surface area contributed by atoms with Gasteiger partial charge >= 0.3 is 0 Å². The number of anilines is 2. The standard InChI is InChI=1S/C15H25N3O/c1-3-5-10-18(4-2)11-9-15(19)17-14-8-6-7-13(16)12-14/h6-8,12H,3-5,9-11,16H2,1-2H3,(H,17,19). The Bertz CT molecular complexity index is 393. The third-order valence-electron chi connectivity index (χ3n) is 3.10. The van der Waals surface area contributed by atoms with Crippen molar-refractivity contribution >= 4 is 17.3 Å². The molecular formula is C15H25N3O. The molecule has 1 amide bonds. The Balaban J connectivity index is 2.34. The van der Waals surface area contributed by atoms with E-state index in [2.05, 4.69) is 24.1 Å². The molecule has 106 valence electrons. The highest BCUT2D eigenvalue weighted by Crippen LogP contribution is 2.12. The Morgan fingerprint density at radius 3 is 2.74 bits per heavy atom. The fraction of sp³-hybridized carbons (Fsp3) is 0.533. The minimum Gasteiger partial charge on any atom is -0.399 e. The summed E-state index contributed by atoms with van der Waals surface area (Å²) < 4.78 is 0. The molecule has 4 heteroatoms. The number of carbonyl (C=O) groups excluding carboxylic acids is 1. The topological polar surface area (TPSA) is 58.4 Å². The molecule has 0 aromatic heterocycles. The van der Waals surface area contributed by atoms with Crippen LogP contribution in [0.4, 0.5) is 11.4 Å². The van der Waals surface area contributed by atoms with Crippen molar-refractivity contribution in [3.05, 3.63) is 24.3 Å². The Hall–Kier alpha value is -1.55. The second-order valence-electron chi connectivity index (χ2n) is 4.71. The predicted octanol–water partition coefficient (Wildman–Crippen LogP) is 2.72. The SMILES string of the molecule is CCCCN(CC)CCC(=O)Nc1cccc(N)c1. The summed E-state index contributed by atoms with van der Waals surface area (Å²) in [6, 6.07) is 7.26. The quantitative estimate of drug-likeness (QED) is 0.709. The van der Waals surface area contributed by atoms with Gasteiger partial charge < -0.3 is 16.0 Å². The molecule has 0 unspecified atom stereocenters. The average molecular weight is 263 g/mol. The average Bonchev–Trinajstić information content (AvgIpc) is 2.39. The van der Waals surface area contributed by atoms with Gasteiger partial charge in [0.1, 0.15) is 0 Å². The van der Waals surface area contributed by atoms with E-state index in [-0.39, 0.29) is 5.91 Å². The third-order valence-corrected chi connectivity index (χ3v) is 3.10. The monoisotopic (exact) mass is 263 g/mol. The van der Waals surface area contributed by atoms with E-state index in [1.54, 1.807) is 12.1 Å². The predicted molar refractivity (Wildman–Crippen MR) is 81.1 cm³/mol. The normalized spacial score (nSPS) is 10.7. The van der Waals surface area contributed by atoms with Crippen LogP contribution >= 0.6 is 0 Å². The van der Waals surface area contributed by atoms with Crippen LogP contribution < -0.4 is 11.1 Å². The Morgan fingerprint density at radius 1 is 1.32 bits per heavy atom. The van der Waals surface area contributed by atoms with Gasteiger partial charge in [-0.2, -0.15) is 0 Å². The molecular weight excluding hydrogens is 238 g/mol. The van der Waals surface area contributed by atoms with E-state index in [1.165, 1.54) is 12.8 Å². The molecule has 19 heavy (non-hydrogen) atoms. The van der Waals surface area contributed by atoms with Gasteiger partial charge in [0, 0.05) is 24.3 Å². The number of hydrogen-bond acceptors (Lipinski definition) is 3. The van der Waals surface area contributed by atoms with Crippen LogP contribution in [0, 0.1) is 0 Å². The van der Waals surface area contributed by atoms with Crippen molar-refractivity contribution in [3.8, 4) is 0 Å². The summed E-state index contributed by atoms with van der Waals surface area (Å²) in [5, 5.41) is 2.87. The Labute approximate surface area is 116 Å². The van der Waals surface area contributed by atoms with E-state index in [1.807, 2.05) is 12.1 Å². The van der Waals surface area contributed by atoms with Crippen molar-refractivity contribution in [1.29, 1.82) is 0 Å². The van der Waals surface area contributed by atoms with Crippen LogP contribution in [0.5, 0.6) is 0 Å². The lowest BCUT2D eigenvalue weighted by molar-refractivity contribution is -0.116. The lowest BCUT2D eigenvalue weighted by atomic mass is 10.2. The van der Waals surface area contributed by atoms with Gasteiger partial charge in [-0.05, 0) is 37.7 Å². The smallest absolute Gasteiger partial charge is 0.225 e. The molecule has 4 nitrogen and oxygen atoms in total. The summed E-state index contributed by atoms with van der Waals surface area (Å²) >= 11 is 0. The summed E-state index contributed by atoms with van der Waals surface area (Å²) in [5.74, 6) is 0.0422. The zero-order valence-electron chi connectivity index (χ0n) is 12.0. The fourth-order valence-corrected chi connectivity index (χ4v) is 1.91. The van der Waals surface area contributed by atoms with Gasteiger partial charge in [0.25, 0.3) is 0 Å². The van der Waals surface area contributed by atoms with Gasteiger partial charge in [-0.15, -0.1) is 0 Å². The molecule has 0 radical (unpaired) electrons. The second kappa shape index (κ2) is 8.53. The molecule has 0 atom stereocenters. The maximum absolute atomic E-state index is 11.8. The molecule has 0 aliphatic rings. The first-order chi connectivity index (χ1) is 9.15. The first-order valence-corrected chi connectivity index (χ1v) is 7.03. The molecule has 0 saturated carbocycles. The zero-order valence-corrected chi connectivity index (χ0v) is 12.0. The maximum atomic E-state index is 11.8. The Morgan fingerprint density at radius 2 is 2.11 bits per heavy atom. The summed E-state index contributed by atoms with van der Waals surface area (Å²) in [6.45, 7) is 7.18. The van der Waals surface area contributed by atoms with Gasteiger partial charge in [0.05, 0.1) is 0 Å². The fourth-order valence-electron chi connectivity index (χ4n) is 1.91. The van der Waals surface area contributed by atoms with E-state index < -0.39 is 0 Å². The van der Waals surface area contributed by atoms with Gasteiger partial charge in [-0.1, -0.05) is 26.3 Å². The second-order valence-corrected chi connectivity index (χ2v) is 4.71. The number of hydrogen-bond donors (Lipinski definition) is 2. The molecule has 0 heterocycles. The van der Waals surface area contributed by atoms with E-state index in [0.29, 0.717) is 12.1 Å². The number of rotatable bonds is 8. The van der Waals surface area contributed by atoms with Crippen LogP contribution in [0.2, 0.25) is 0 Å². The minimum atomic E-state index is 0.0422. The third kappa shape index (κ3) is 6.25. The molecule has 1 aromatic rings. The number of nitrogens with two attached hydrogens (primary N) is 1. The minimum absolute atomic E-state index is 0.0422. The first-order valence-electron chi connectivity index (χ1n) is 7.03. The molecule has 0 saturated heterocycles. The van der Waals surface area contributed by atoms with E-state index in [0.717, 1.165) is 25.3 Å². The van der Waals surface area contributed by atoms with E-state index in [9.17, 15) is 4.79 Å². The molecule has 0 bridgehead atoms. The van der Waals surface area contributed by atoms with Crippen molar-refractivity contribution in [3.63, 3.8) is 0 Å². The highest BCUT2D eigenvalue weighted by Gasteiger charge is 2.06. The first kappa shape index (κ1) is 15.5. The van der Waals surface area contributed by atoms with Gasteiger partial charge in [-0.3, -0.25) is 4.79 Å². The summed E-state index contributed by atoms with van der Waals surface area (Å²) in [7, 11) is 0. The van der Waals surface area contributed by atoms with Gasteiger partial charge in [0.2, 0.25) is 5.91 Å². The molecule has 0 fully saturated rings. The summed E-state index contributed by atoms with van der Waals surface area (Å²) in [6.07, 6.45) is 2.89. The number of carbonyl (C=O) groups is 1. The lowest BCUT2D eigenvalue weighted by Gasteiger charge is -2.19. The number of amides is 1. The van der Waals surface area contributed by atoms with E-state index >= 15 is 0 Å². The van der Waals surface area contributed by atoms with Crippen LogP contribution in [0.1, 0.15) is 33.1 Å². The number of nitrogens with zero attached hydrogens (tertiary/aromatic N) is 1. The van der Waals surface area contributed by atoms with Crippen molar-refractivity contribution in [2.75, 3.05) is 30.7 Å². The molecule has 0 spiro atoms. The number of nitrogens with one attached hydrogen (secondary N) is 1. The van der Waals surface area contributed by atoms with E-state index in [4.69, 9.17) is 5.73 Å². The van der Waals surface area contributed by atoms with Gasteiger partial charge in [0.15, 0.2) is 0 Å². The van der Waals surface area contributed by atoms with Crippen molar-refractivity contribution in [1.82, 2.24) is 4.90 Å². The lowest BCUT2D eigenvalue weighted by Crippen LogP contribution is -2.28. The highest BCUT2D eigenvalue weighted by molar-refractivity contribution is 5.91. The highest BCUT2D eigenvalue weighted by atomic mass is 16.1. The maximum Gasteiger partial charge on any atom is 0.225 e. The molecule has 1 aromatic carbocycles. The largest absolute Gasteiger partial charge is 0.399 e. The van der Waals surface area contributed by atoms with Gasteiger partial charge in [-0.25, -0.2) is 0 Å². The van der Waals surface area contributed by atoms with Crippen LogP contribution in [-0.4, -0.2) is 30.4 Å². The summed E-state index contributed by atoms with van der Waals surface area (Å²) in [4.78, 5) is 14.1. The number of unbranched alkanes of at least 4 members (excludes halogenated alkanes) is 1. The van der Waals surface area contributed by atoms with Crippen molar-refractivity contribution in [2.45, 2.75) is 33.1 Å². The number of nitrogen functional groups attached to an aromatic ring is 1. The van der Waals surface area contributed by atoms with Crippen LogP contribution in [0.15, 0.2) is 24.3 Å². The zero-order chi connectivity index (χ0) is 14.1. The van der Waals surface area contributed by atoms with Crippen LogP contribution in [0.25, 0.3) is 0 Å². The molecule has 0 aliphatic carbocycles.